The molecule has 1 atom stereocenters. The van der Waals surface area contributed by atoms with Crippen LogP contribution in [-0.2, 0) is 0 Å². The van der Waals surface area contributed by atoms with Crippen LogP contribution in [0.25, 0.3) is 0 Å². The van der Waals surface area contributed by atoms with E-state index in [0.717, 1.165) is 6.54 Å². The molecule has 1 N–H and O–H groups in total. The summed E-state index contributed by atoms with van der Waals surface area (Å²) in [5.41, 5.74) is 0. The summed E-state index contributed by atoms with van der Waals surface area (Å²) >= 11 is 0. The molecule has 0 aliphatic rings. The van der Waals surface area contributed by atoms with E-state index < -0.39 is 0 Å². The van der Waals surface area contributed by atoms with Crippen molar-refractivity contribution in [2.75, 3.05) is 34.5 Å². The average molecular weight is 297 g/mol. The number of hydrogen-bond donors (Lipinski definition) is 1. The first-order valence-corrected chi connectivity index (χ1v) is 7.18. The maximum atomic E-state index is 5.83. The largest absolute Gasteiger partial charge is 0.493 e. The fourth-order valence-corrected chi connectivity index (χ4v) is 1.87. The fraction of sp³-hybridized carbons (Fsp3) is 0.625. The van der Waals surface area contributed by atoms with E-state index in [1.165, 1.54) is 0 Å². The van der Waals surface area contributed by atoms with Crippen molar-refractivity contribution < 1.29 is 18.9 Å². The Hall–Kier alpha value is -1.62. The van der Waals surface area contributed by atoms with E-state index >= 15 is 0 Å². The van der Waals surface area contributed by atoms with Gasteiger partial charge in [0.25, 0.3) is 0 Å². The van der Waals surface area contributed by atoms with Gasteiger partial charge < -0.3 is 24.3 Å². The summed E-state index contributed by atoms with van der Waals surface area (Å²) in [6.07, 6.45) is 0. The molecule has 0 heterocycles. The van der Waals surface area contributed by atoms with Crippen molar-refractivity contribution in [3.8, 4) is 23.0 Å². The predicted octanol–water partition coefficient (Wildman–Crippen LogP) is 2.73. The van der Waals surface area contributed by atoms with Crippen LogP contribution in [0, 0.1) is 5.92 Å². The molecule has 1 aromatic carbocycles. The van der Waals surface area contributed by atoms with E-state index in [0.29, 0.717) is 41.6 Å². The summed E-state index contributed by atoms with van der Waals surface area (Å²) in [6.45, 7) is 7.95. The lowest BCUT2D eigenvalue weighted by Gasteiger charge is -2.18. The second-order valence-electron chi connectivity index (χ2n) is 5.34. The van der Waals surface area contributed by atoms with Crippen molar-refractivity contribution in [1.82, 2.24) is 5.32 Å². The molecule has 0 saturated carbocycles. The first-order chi connectivity index (χ1) is 10.0. The maximum Gasteiger partial charge on any atom is 0.203 e. The average Bonchev–Trinajstić information content (AvgIpc) is 2.49. The van der Waals surface area contributed by atoms with Crippen molar-refractivity contribution in [1.29, 1.82) is 0 Å². The highest BCUT2D eigenvalue weighted by atomic mass is 16.5. The van der Waals surface area contributed by atoms with Crippen molar-refractivity contribution in [3.63, 3.8) is 0 Å². The fourth-order valence-electron chi connectivity index (χ4n) is 1.87. The van der Waals surface area contributed by atoms with Gasteiger partial charge in [0.15, 0.2) is 11.5 Å². The molecule has 5 nitrogen and oxygen atoms in total. The summed E-state index contributed by atoms with van der Waals surface area (Å²) in [5, 5.41) is 3.40. The zero-order valence-corrected chi connectivity index (χ0v) is 13.9. The lowest BCUT2D eigenvalue weighted by atomic mass is 10.2. The van der Waals surface area contributed by atoms with Gasteiger partial charge in [-0.25, -0.2) is 0 Å². The molecule has 0 radical (unpaired) electrons. The first-order valence-electron chi connectivity index (χ1n) is 7.18. The summed E-state index contributed by atoms with van der Waals surface area (Å²) < 4.78 is 21.7. The third-order valence-corrected chi connectivity index (χ3v) is 3.05. The van der Waals surface area contributed by atoms with Gasteiger partial charge >= 0.3 is 0 Å². The Morgan fingerprint density at radius 3 is 1.95 bits per heavy atom. The number of nitrogens with one attached hydrogen (secondary N) is 1. The SMILES string of the molecule is COc1cc(OCC(C)CNC(C)C)cc(OC)c1OC. The van der Waals surface area contributed by atoms with Crippen LogP contribution >= 0.6 is 0 Å². The van der Waals surface area contributed by atoms with Crippen LogP contribution in [0.5, 0.6) is 23.0 Å². The Bertz CT molecular complexity index is 409. The molecule has 0 saturated heterocycles. The van der Waals surface area contributed by atoms with E-state index in [1.54, 1.807) is 21.3 Å². The zero-order chi connectivity index (χ0) is 15.8. The third kappa shape index (κ3) is 5.34. The highest BCUT2D eigenvalue weighted by Crippen LogP contribution is 2.40. The molecule has 0 amide bonds. The predicted molar refractivity (Wildman–Crippen MR) is 83.9 cm³/mol. The molecule has 1 aromatic rings. The van der Waals surface area contributed by atoms with Crippen LogP contribution in [0.15, 0.2) is 12.1 Å². The minimum absolute atomic E-state index is 0.409. The van der Waals surface area contributed by atoms with Crippen LogP contribution < -0.4 is 24.3 Å². The minimum atomic E-state index is 0.409. The highest BCUT2D eigenvalue weighted by molar-refractivity contribution is 5.55. The molecule has 1 rings (SSSR count). The number of rotatable bonds is 9. The normalized spacial score (nSPS) is 12.1. The second-order valence-corrected chi connectivity index (χ2v) is 5.34. The van der Waals surface area contributed by atoms with Gasteiger partial charge in [-0.1, -0.05) is 20.8 Å². The van der Waals surface area contributed by atoms with Crippen LogP contribution in [-0.4, -0.2) is 40.5 Å². The number of ether oxygens (including phenoxy) is 4. The minimum Gasteiger partial charge on any atom is -0.493 e. The molecule has 0 fully saturated rings. The molecule has 21 heavy (non-hydrogen) atoms. The van der Waals surface area contributed by atoms with Crippen LogP contribution in [0.2, 0.25) is 0 Å². The second kappa shape index (κ2) is 8.62. The van der Waals surface area contributed by atoms with Crippen molar-refractivity contribution in [2.24, 2.45) is 5.92 Å². The topological polar surface area (TPSA) is 49.0 Å². The molecule has 120 valence electrons. The Morgan fingerprint density at radius 2 is 1.52 bits per heavy atom. The van der Waals surface area contributed by atoms with Gasteiger partial charge in [0.05, 0.1) is 27.9 Å². The maximum absolute atomic E-state index is 5.83. The van der Waals surface area contributed by atoms with Crippen molar-refractivity contribution in [3.05, 3.63) is 12.1 Å². The van der Waals surface area contributed by atoms with Crippen LogP contribution in [0.4, 0.5) is 0 Å². The summed E-state index contributed by atoms with van der Waals surface area (Å²) in [7, 11) is 4.77. The lowest BCUT2D eigenvalue weighted by Crippen LogP contribution is -2.30. The van der Waals surface area contributed by atoms with Gasteiger partial charge in [-0.2, -0.15) is 0 Å². The van der Waals surface area contributed by atoms with Crippen molar-refractivity contribution >= 4 is 0 Å². The standard InChI is InChI=1S/C16H27NO4/c1-11(2)17-9-12(3)10-21-13-7-14(18-4)16(20-6)15(8-13)19-5/h7-8,11-12,17H,9-10H2,1-6H3. The van der Waals surface area contributed by atoms with Gasteiger partial charge in [-0.3, -0.25) is 0 Å². The number of hydrogen-bond acceptors (Lipinski definition) is 5. The Balaban J connectivity index is 2.71. The Kier molecular flexibility index (Phi) is 7.15. The molecule has 0 aliphatic carbocycles. The van der Waals surface area contributed by atoms with Gasteiger partial charge in [0, 0.05) is 30.6 Å². The monoisotopic (exact) mass is 297 g/mol. The van der Waals surface area contributed by atoms with E-state index in [1.807, 2.05) is 12.1 Å². The molecule has 1 unspecified atom stereocenters. The summed E-state index contributed by atoms with van der Waals surface area (Å²) in [6, 6.07) is 4.10. The quantitative estimate of drug-likeness (QED) is 0.759. The van der Waals surface area contributed by atoms with Crippen LogP contribution in [0.3, 0.4) is 0 Å². The molecule has 0 bridgehead atoms. The molecule has 0 spiro atoms. The molecular formula is C16H27NO4. The zero-order valence-electron chi connectivity index (χ0n) is 13.9. The van der Waals surface area contributed by atoms with Gasteiger partial charge in [-0.05, 0) is 0 Å². The van der Waals surface area contributed by atoms with E-state index in [4.69, 9.17) is 18.9 Å². The Morgan fingerprint density at radius 1 is 0.952 bits per heavy atom. The third-order valence-electron chi connectivity index (χ3n) is 3.05. The molecule has 0 aromatic heterocycles. The van der Waals surface area contributed by atoms with Crippen LogP contribution in [0.1, 0.15) is 20.8 Å². The molecular weight excluding hydrogens is 270 g/mol. The van der Waals surface area contributed by atoms with Gasteiger partial charge in [-0.15, -0.1) is 0 Å². The van der Waals surface area contributed by atoms with Crippen molar-refractivity contribution in [2.45, 2.75) is 26.8 Å². The molecule has 5 heteroatoms. The van der Waals surface area contributed by atoms with E-state index in [9.17, 15) is 0 Å². The van der Waals surface area contributed by atoms with Gasteiger partial charge in [0.1, 0.15) is 5.75 Å². The Labute approximate surface area is 127 Å². The molecule has 0 aliphatic heterocycles. The van der Waals surface area contributed by atoms with E-state index in [2.05, 4.69) is 26.1 Å². The number of methoxy groups -OCH3 is 3. The highest BCUT2D eigenvalue weighted by Gasteiger charge is 2.14. The summed E-state index contributed by atoms with van der Waals surface area (Å²) in [4.78, 5) is 0. The number of benzene rings is 1. The summed E-state index contributed by atoms with van der Waals surface area (Å²) in [5.74, 6) is 2.88. The van der Waals surface area contributed by atoms with E-state index in [-0.39, 0.29) is 0 Å². The van der Waals surface area contributed by atoms with Gasteiger partial charge in [0.2, 0.25) is 5.75 Å². The first kappa shape index (κ1) is 17.4. The smallest absolute Gasteiger partial charge is 0.203 e. The lowest BCUT2D eigenvalue weighted by molar-refractivity contribution is 0.248.